The van der Waals surface area contributed by atoms with Gasteiger partial charge in [-0.25, -0.2) is 19.7 Å². The number of pyridine rings is 1. The molecular formula is C18H20N6O3. The number of amides is 2. The van der Waals surface area contributed by atoms with Crippen LogP contribution >= 0.6 is 0 Å². The zero-order valence-corrected chi connectivity index (χ0v) is 15.2. The fourth-order valence-electron chi connectivity index (χ4n) is 3.13. The van der Waals surface area contributed by atoms with E-state index in [4.69, 9.17) is 4.74 Å². The van der Waals surface area contributed by atoms with E-state index in [1.165, 1.54) is 17.3 Å². The van der Waals surface area contributed by atoms with Crippen molar-refractivity contribution in [2.45, 2.75) is 13.2 Å². The van der Waals surface area contributed by atoms with Crippen molar-refractivity contribution in [3.8, 4) is 0 Å². The van der Waals surface area contributed by atoms with Crippen LogP contribution in [0.15, 0.2) is 30.7 Å². The first-order valence-electron chi connectivity index (χ1n) is 8.76. The van der Waals surface area contributed by atoms with Crippen molar-refractivity contribution in [2.24, 2.45) is 0 Å². The molecule has 2 aliphatic rings. The Balaban J connectivity index is 1.63. The molecule has 0 N–H and O–H groups in total. The summed E-state index contributed by atoms with van der Waals surface area (Å²) in [7, 11) is 2.01. The van der Waals surface area contributed by atoms with Gasteiger partial charge in [0, 0.05) is 44.8 Å². The van der Waals surface area contributed by atoms with E-state index in [9.17, 15) is 9.59 Å². The molecule has 0 spiro atoms. The Morgan fingerprint density at radius 3 is 2.56 bits per heavy atom. The predicted octanol–water partition coefficient (Wildman–Crippen LogP) is 1.22. The molecule has 1 atom stereocenters. The molecule has 4 heterocycles. The van der Waals surface area contributed by atoms with E-state index in [0.29, 0.717) is 24.6 Å². The SMILES string of the molecule is Cc1ccc(N2C(=O)c3nccnc3C2OC(=O)N2CCN(C)CC2)nc1. The van der Waals surface area contributed by atoms with Crippen LogP contribution < -0.4 is 4.90 Å². The molecule has 27 heavy (non-hydrogen) atoms. The number of hydrogen-bond donors (Lipinski definition) is 0. The number of rotatable bonds is 2. The molecule has 9 nitrogen and oxygen atoms in total. The van der Waals surface area contributed by atoms with Gasteiger partial charge in [0.1, 0.15) is 11.5 Å². The summed E-state index contributed by atoms with van der Waals surface area (Å²) in [5, 5.41) is 0. The van der Waals surface area contributed by atoms with Crippen molar-refractivity contribution in [3.05, 3.63) is 47.7 Å². The number of hydrogen-bond acceptors (Lipinski definition) is 7. The van der Waals surface area contributed by atoms with Gasteiger partial charge in [0.25, 0.3) is 5.91 Å². The van der Waals surface area contributed by atoms with Crippen LogP contribution in [0.1, 0.15) is 28.0 Å². The van der Waals surface area contributed by atoms with E-state index in [1.807, 2.05) is 20.0 Å². The lowest BCUT2D eigenvalue weighted by molar-refractivity contribution is 0.0476. The van der Waals surface area contributed by atoms with Crippen LogP contribution in [0.5, 0.6) is 0 Å². The van der Waals surface area contributed by atoms with Crippen LogP contribution in [0, 0.1) is 6.92 Å². The molecule has 9 heteroatoms. The van der Waals surface area contributed by atoms with Crippen LogP contribution in [0.2, 0.25) is 0 Å². The highest BCUT2D eigenvalue weighted by Gasteiger charge is 2.44. The maximum absolute atomic E-state index is 12.9. The highest BCUT2D eigenvalue weighted by atomic mass is 16.6. The number of likely N-dealkylation sites (N-methyl/N-ethyl adjacent to an activating group) is 1. The third-order valence-electron chi connectivity index (χ3n) is 4.73. The largest absolute Gasteiger partial charge is 0.419 e. The van der Waals surface area contributed by atoms with Crippen LogP contribution in [-0.2, 0) is 4.74 Å². The van der Waals surface area contributed by atoms with Crippen molar-refractivity contribution in [2.75, 3.05) is 38.1 Å². The molecule has 4 rings (SSSR count). The molecular weight excluding hydrogens is 348 g/mol. The summed E-state index contributed by atoms with van der Waals surface area (Å²) in [6, 6.07) is 3.56. The van der Waals surface area contributed by atoms with Gasteiger partial charge in [0.15, 0.2) is 5.69 Å². The quantitative estimate of drug-likeness (QED) is 0.787. The number of carbonyl (C=O) groups is 2. The third kappa shape index (κ3) is 3.21. The molecule has 0 aromatic carbocycles. The average Bonchev–Trinajstić information content (AvgIpc) is 2.95. The summed E-state index contributed by atoms with van der Waals surface area (Å²) in [5.41, 5.74) is 1.47. The average molecular weight is 368 g/mol. The summed E-state index contributed by atoms with van der Waals surface area (Å²) >= 11 is 0. The van der Waals surface area contributed by atoms with E-state index in [0.717, 1.165) is 18.7 Å². The number of fused-ring (bicyclic) bond motifs is 1. The molecule has 140 valence electrons. The lowest BCUT2D eigenvalue weighted by Crippen LogP contribution is -2.48. The second-order valence-corrected chi connectivity index (χ2v) is 6.69. The Bertz CT molecular complexity index is 864. The number of ether oxygens (including phenoxy) is 1. The van der Waals surface area contributed by atoms with Gasteiger partial charge in [-0.1, -0.05) is 6.07 Å². The highest BCUT2D eigenvalue weighted by Crippen LogP contribution is 2.35. The lowest BCUT2D eigenvalue weighted by Gasteiger charge is -2.33. The number of nitrogens with zero attached hydrogens (tertiary/aromatic N) is 6. The van der Waals surface area contributed by atoms with Gasteiger partial charge in [-0.3, -0.25) is 9.78 Å². The smallest absolute Gasteiger partial charge is 0.412 e. The Morgan fingerprint density at radius 1 is 1.11 bits per heavy atom. The first-order chi connectivity index (χ1) is 13.0. The Morgan fingerprint density at radius 2 is 1.85 bits per heavy atom. The molecule has 1 fully saturated rings. The minimum Gasteiger partial charge on any atom is -0.419 e. The number of piperazine rings is 1. The van der Waals surface area contributed by atoms with Gasteiger partial charge < -0.3 is 14.5 Å². The van der Waals surface area contributed by atoms with Crippen LogP contribution in [0.4, 0.5) is 10.6 Å². The molecule has 1 saturated heterocycles. The molecule has 1 unspecified atom stereocenters. The van der Waals surface area contributed by atoms with Gasteiger partial charge in [0.05, 0.1) is 0 Å². The van der Waals surface area contributed by atoms with E-state index in [-0.39, 0.29) is 11.6 Å². The van der Waals surface area contributed by atoms with E-state index in [1.54, 1.807) is 17.2 Å². The van der Waals surface area contributed by atoms with Gasteiger partial charge in [-0.05, 0) is 25.6 Å². The molecule has 2 amide bonds. The lowest BCUT2D eigenvalue weighted by atomic mass is 10.3. The van der Waals surface area contributed by atoms with Gasteiger partial charge in [-0.15, -0.1) is 0 Å². The molecule has 2 aromatic rings. The van der Waals surface area contributed by atoms with Crippen molar-refractivity contribution in [1.29, 1.82) is 0 Å². The Hall–Kier alpha value is -3.07. The summed E-state index contributed by atoms with van der Waals surface area (Å²) in [5.74, 6) is 0.00667. The van der Waals surface area contributed by atoms with Crippen molar-refractivity contribution >= 4 is 17.8 Å². The first-order valence-corrected chi connectivity index (χ1v) is 8.76. The fraction of sp³-hybridized carbons (Fsp3) is 0.389. The normalized spacial score (nSPS) is 19.9. The maximum atomic E-state index is 12.9. The number of carbonyl (C=O) groups excluding carboxylic acids is 2. The zero-order chi connectivity index (χ0) is 19.0. The van der Waals surface area contributed by atoms with Gasteiger partial charge in [0.2, 0.25) is 6.23 Å². The summed E-state index contributed by atoms with van der Waals surface area (Å²) in [6.45, 7) is 4.61. The van der Waals surface area contributed by atoms with E-state index in [2.05, 4.69) is 19.9 Å². The summed E-state index contributed by atoms with van der Waals surface area (Å²) in [4.78, 5) is 43.3. The third-order valence-corrected chi connectivity index (χ3v) is 4.73. The summed E-state index contributed by atoms with van der Waals surface area (Å²) in [6.07, 6.45) is 3.13. The molecule has 2 aliphatic heterocycles. The van der Waals surface area contributed by atoms with Crippen LogP contribution in [0.3, 0.4) is 0 Å². The minimum absolute atomic E-state index is 0.177. The molecule has 2 aromatic heterocycles. The first kappa shape index (κ1) is 17.3. The molecule has 0 bridgehead atoms. The highest BCUT2D eigenvalue weighted by molar-refractivity contribution is 6.08. The monoisotopic (exact) mass is 368 g/mol. The second kappa shape index (κ2) is 6.92. The molecule has 0 radical (unpaired) electrons. The summed E-state index contributed by atoms with van der Waals surface area (Å²) < 4.78 is 5.71. The minimum atomic E-state index is -0.983. The number of anilines is 1. The van der Waals surface area contributed by atoms with E-state index < -0.39 is 12.3 Å². The van der Waals surface area contributed by atoms with Crippen molar-refractivity contribution < 1.29 is 14.3 Å². The predicted molar refractivity (Wildman–Crippen MR) is 96.1 cm³/mol. The van der Waals surface area contributed by atoms with E-state index >= 15 is 0 Å². The number of aromatic nitrogens is 3. The van der Waals surface area contributed by atoms with Crippen LogP contribution in [0.25, 0.3) is 0 Å². The van der Waals surface area contributed by atoms with Gasteiger partial charge >= 0.3 is 6.09 Å². The Kier molecular flexibility index (Phi) is 4.44. The van der Waals surface area contributed by atoms with Crippen LogP contribution in [-0.4, -0.2) is 70.0 Å². The van der Waals surface area contributed by atoms with Gasteiger partial charge in [-0.2, -0.15) is 0 Å². The maximum Gasteiger partial charge on any atom is 0.412 e. The molecule has 0 aliphatic carbocycles. The van der Waals surface area contributed by atoms with Crippen molar-refractivity contribution in [3.63, 3.8) is 0 Å². The topological polar surface area (TPSA) is 91.8 Å². The Labute approximate surface area is 156 Å². The second-order valence-electron chi connectivity index (χ2n) is 6.69. The number of aryl methyl sites for hydroxylation is 1. The zero-order valence-electron chi connectivity index (χ0n) is 15.2. The standard InChI is InChI=1S/C18H20N6O3/c1-12-3-4-13(21-11-12)24-16(25)14-15(20-6-5-19-14)17(24)27-18(26)23-9-7-22(2)8-10-23/h3-6,11,17H,7-10H2,1-2H3. The van der Waals surface area contributed by atoms with Crippen molar-refractivity contribution in [1.82, 2.24) is 24.8 Å². The molecule has 0 saturated carbocycles. The fourth-order valence-corrected chi connectivity index (χ4v) is 3.13.